The van der Waals surface area contributed by atoms with Gasteiger partial charge in [0.15, 0.2) is 0 Å². The highest BCUT2D eigenvalue weighted by atomic mass is 35.5. The maximum atomic E-state index is 6.13. The van der Waals surface area contributed by atoms with E-state index in [1.165, 1.54) is 7.11 Å². The van der Waals surface area contributed by atoms with Crippen LogP contribution in [-0.2, 0) is 0 Å². The van der Waals surface area contributed by atoms with Gasteiger partial charge in [-0.3, -0.25) is 5.84 Å². The highest BCUT2D eigenvalue weighted by Crippen LogP contribution is 2.27. The van der Waals surface area contributed by atoms with Crippen molar-refractivity contribution in [3.05, 3.63) is 52.3 Å². The molecule has 6 heteroatoms. The average molecular weight is 279 g/mol. The molecule has 3 N–H and O–H groups in total. The van der Waals surface area contributed by atoms with Crippen LogP contribution in [0.5, 0.6) is 6.01 Å². The molecule has 1 aromatic carbocycles. The number of hydrogen-bond donors (Lipinski definition) is 2. The molecule has 0 spiro atoms. The van der Waals surface area contributed by atoms with E-state index >= 15 is 0 Å². The van der Waals surface area contributed by atoms with Gasteiger partial charge in [-0.2, -0.15) is 0 Å². The van der Waals surface area contributed by atoms with Gasteiger partial charge in [-0.25, -0.2) is 15.4 Å². The van der Waals surface area contributed by atoms with Gasteiger partial charge < -0.3 is 4.74 Å². The highest BCUT2D eigenvalue weighted by Gasteiger charge is 2.16. The fourth-order valence-electron chi connectivity index (χ4n) is 1.88. The van der Waals surface area contributed by atoms with E-state index in [4.69, 9.17) is 22.2 Å². The third kappa shape index (κ3) is 2.84. The Hall–Kier alpha value is -1.69. The molecular formula is C13H15ClN4O. The van der Waals surface area contributed by atoms with Crippen LogP contribution in [0.1, 0.15) is 22.7 Å². The van der Waals surface area contributed by atoms with Gasteiger partial charge in [0.2, 0.25) is 0 Å². The summed E-state index contributed by atoms with van der Waals surface area (Å²) in [5.74, 6) is 5.65. The van der Waals surface area contributed by atoms with Gasteiger partial charge in [-0.05, 0) is 24.1 Å². The number of hydrogen-bond acceptors (Lipinski definition) is 5. The largest absolute Gasteiger partial charge is 0.467 e. The van der Waals surface area contributed by atoms with Crippen LogP contribution >= 0.6 is 11.6 Å². The summed E-state index contributed by atoms with van der Waals surface area (Å²) < 4.78 is 4.94. The van der Waals surface area contributed by atoms with Gasteiger partial charge in [0, 0.05) is 23.0 Å². The molecule has 5 nitrogen and oxygen atoms in total. The molecule has 0 aliphatic heterocycles. The molecule has 19 heavy (non-hydrogen) atoms. The molecule has 1 heterocycles. The first-order valence-corrected chi connectivity index (χ1v) is 6.12. The van der Waals surface area contributed by atoms with Crippen LogP contribution in [0, 0.1) is 6.92 Å². The zero-order valence-electron chi connectivity index (χ0n) is 10.7. The van der Waals surface area contributed by atoms with Crippen LogP contribution in [0.3, 0.4) is 0 Å². The van der Waals surface area contributed by atoms with Gasteiger partial charge in [0.25, 0.3) is 0 Å². The van der Waals surface area contributed by atoms with E-state index in [1.807, 2.05) is 25.1 Å². The molecule has 0 aliphatic carbocycles. The molecule has 0 amide bonds. The number of halogens is 1. The smallest absolute Gasteiger partial charge is 0.316 e. The van der Waals surface area contributed by atoms with Gasteiger partial charge in [-0.1, -0.05) is 23.7 Å². The zero-order valence-corrected chi connectivity index (χ0v) is 11.5. The summed E-state index contributed by atoms with van der Waals surface area (Å²) in [5, 5.41) is 0.701. The number of benzene rings is 1. The standard InChI is InChI=1S/C13H15ClN4O/c1-8-10(4-3-5-11(8)14)12(18-15)9-6-16-13(19-2)17-7-9/h3-7,12,18H,15H2,1-2H3. The number of nitrogens with zero attached hydrogens (tertiary/aromatic N) is 2. The van der Waals surface area contributed by atoms with Crippen LogP contribution in [0.4, 0.5) is 0 Å². The first-order valence-electron chi connectivity index (χ1n) is 5.74. The minimum absolute atomic E-state index is 0.218. The van der Waals surface area contributed by atoms with Gasteiger partial charge >= 0.3 is 6.01 Å². The second-order valence-corrected chi connectivity index (χ2v) is 4.46. The van der Waals surface area contributed by atoms with E-state index in [1.54, 1.807) is 12.4 Å². The zero-order chi connectivity index (χ0) is 13.8. The van der Waals surface area contributed by atoms with E-state index in [0.717, 1.165) is 16.7 Å². The monoisotopic (exact) mass is 278 g/mol. The van der Waals surface area contributed by atoms with Crippen LogP contribution in [0.15, 0.2) is 30.6 Å². The number of ether oxygens (including phenoxy) is 1. The molecule has 1 atom stereocenters. The van der Waals surface area contributed by atoms with Gasteiger partial charge in [-0.15, -0.1) is 0 Å². The summed E-state index contributed by atoms with van der Waals surface area (Å²) >= 11 is 6.13. The molecule has 0 bridgehead atoms. The Kier molecular flexibility index (Phi) is 4.31. The van der Waals surface area contributed by atoms with Crippen molar-refractivity contribution in [1.29, 1.82) is 0 Å². The lowest BCUT2D eigenvalue weighted by molar-refractivity contribution is 0.378. The summed E-state index contributed by atoms with van der Waals surface area (Å²) in [6, 6.07) is 5.81. The van der Waals surface area contributed by atoms with Crippen molar-refractivity contribution in [2.24, 2.45) is 5.84 Å². The predicted molar refractivity (Wildman–Crippen MR) is 73.9 cm³/mol. The number of hydrazine groups is 1. The second-order valence-electron chi connectivity index (χ2n) is 4.06. The Morgan fingerprint density at radius 3 is 2.58 bits per heavy atom. The Balaban J connectivity index is 2.40. The highest BCUT2D eigenvalue weighted by molar-refractivity contribution is 6.31. The fourth-order valence-corrected chi connectivity index (χ4v) is 2.06. The summed E-state index contributed by atoms with van der Waals surface area (Å²) in [6.45, 7) is 1.95. The van der Waals surface area contributed by atoms with Crippen molar-refractivity contribution in [1.82, 2.24) is 15.4 Å². The molecule has 100 valence electrons. The first kappa shape index (κ1) is 13.7. The van der Waals surface area contributed by atoms with Crippen LogP contribution in [-0.4, -0.2) is 17.1 Å². The minimum atomic E-state index is -0.218. The third-order valence-electron chi connectivity index (χ3n) is 2.95. The number of aromatic nitrogens is 2. The topological polar surface area (TPSA) is 73.1 Å². The van der Waals surface area contributed by atoms with E-state index in [0.29, 0.717) is 11.0 Å². The van der Waals surface area contributed by atoms with Gasteiger partial charge in [0.1, 0.15) is 0 Å². The number of nitrogens with one attached hydrogen (secondary N) is 1. The molecule has 0 radical (unpaired) electrons. The molecule has 0 aliphatic rings. The number of rotatable bonds is 4. The lowest BCUT2D eigenvalue weighted by Gasteiger charge is -2.19. The van der Waals surface area contributed by atoms with Crippen LogP contribution in [0.25, 0.3) is 0 Å². The molecule has 0 saturated carbocycles. The molecular weight excluding hydrogens is 264 g/mol. The Morgan fingerprint density at radius 2 is 2.00 bits per heavy atom. The lowest BCUT2D eigenvalue weighted by atomic mass is 9.97. The van der Waals surface area contributed by atoms with Gasteiger partial charge in [0.05, 0.1) is 13.2 Å². The van der Waals surface area contributed by atoms with E-state index in [9.17, 15) is 0 Å². The van der Waals surface area contributed by atoms with Crippen molar-refractivity contribution in [2.45, 2.75) is 13.0 Å². The molecule has 0 fully saturated rings. The molecule has 1 unspecified atom stereocenters. The lowest BCUT2D eigenvalue weighted by Crippen LogP contribution is -2.29. The van der Waals surface area contributed by atoms with Crippen molar-refractivity contribution in [3.63, 3.8) is 0 Å². The second kappa shape index (κ2) is 5.97. The maximum Gasteiger partial charge on any atom is 0.316 e. The predicted octanol–water partition coefficient (Wildman–Crippen LogP) is 2.00. The Bertz CT molecular complexity index is 559. The number of nitrogens with two attached hydrogens (primary N) is 1. The Labute approximate surface area is 116 Å². The summed E-state index contributed by atoms with van der Waals surface area (Å²) in [7, 11) is 1.52. The normalized spacial score (nSPS) is 12.2. The maximum absolute atomic E-state index is 6.13. The molecule has 1 aromatic heterocycles. The van der Waals surface area contributed by atoms with E-state index in [-0.39, 0.29) is 6.04 Å². The Morgan fingerprint density at radius 1 is 1.32 bits per heavy atom. The quantitative estimate of drug-likeness (QED) is 0.661. The van der Waals surface area contributed by atoms with Crippen molar-refractivity contribution in [2.75, 3.05) is 7.11 Å². The van der Waals surface area contributed by atoms with E-state index < -0.39 is 0 Å². The SMILES string of the molecule is COc1ncc(C(NN)c2cccc(Cl)c2C)cn1. The summed E-state index contributed by atoms with van der Waals surface area (Å²) in [6.07, 6.45) is 3.35. The van der Waals surface area contributed by atoms with E-state index in [2.05, 4.69) is 15.4 Å². The number of methoxy groups -OCH3 is 1. The van der Waals surface area contributed by atoms with Crippen LogP contribution < -0.4 is 16.0 Å². The first-order chi connectivity index (χ1) is 9.17. The average Bonchev–Trinajstić information content (AvgIpc) is 2.45. The molecule has 0 saturated heterocycles. The molecule has 2 rings (SSSR count). The summed E-state index contributed by atoms with van der Waals surface area (Å²) in [5.41, 5.74) is 5.57. The fraction of sp³-hybridized carbons (Fsp3) is 0.231. The van der Waals surface area contributed by atoms with Crippen molar-refractivity contribution < 1.29 is 4.74 Å². The third-order valence-corrected chi connectivity index (χ3v) is 3.36. The van der Waals surface area contributed by atoms with Crippen molar-refractivity contribution >= 4 is 11.6 Å². The summed E-state index contributed by atoms with van der Waals surface area (Å²) in [4.78, 5) is 8.16. The van der Waals surface area contributed by atoms with Crippen LogP contribution in [0.2, 0.25) is 5.02 Å². The van der Waals surface area contributed by atoms with Crippen molar-refractivity contribution in [3.8, 4) is 6.01 Å². The minimum Gasteiger partial charge on any atom is -0.467 e. The molecule has 2 aromatic rings.